The number of thiophene rings is 1. The van der Waals surface area contributed by atoms with Crippen LogP contribution in [0.15, 0.2) is 26.5 Å². The summed E-state index contributed by atoms with van der Waals surface area (Å²) in [5.74, 6) is 0. The van der Waals surface area contributed by atoms with E-state index in [2.05, 4.69) is 25.8 Å². The first kappa shape index (κ1) is 13.6. The Hall–Kier alpha value is -0.860. The Labute approximate surface area is 118 Å². The second-order valence-corrected chi connectivity index (χ2v) is 7.99. The van der Waals surface area contributed by atoms with Crippen LogP contribution in [0, 0.1) is 6.92 Å². The number of nitrogens with one attached hydrogen (secondary N) is 1. The van der Waals surface area contributed by atoms with E-state index in [1.807, 2.05) is 13.8 Å². The lowest BCUT2D eigenvalue weighted by molar-refractivity contribution is 0.603. The molecule has 18 heavy (non-hydrogen) atoms. The molecule has 0 unspecified atom stereocenters. The number of hydrogen-bond donors (Lipinski definition) is 1. The quantitative estimate of drug-likeness (QED) is 0.922. The molecule has 0 aromatic carbocycles. The van der Waals surface area contributed by atoms with Gasteiger partial charge in [-0.2, -0.15) is 5.10 Å². The molecule has 0 aliphatic rings. The van der Waals surface area contributed by atoms with Gasteiger partial charge in [-0.1, -0.05) is 0 Å². The molecule has 0 saturated carbocycles. The van der Waals surface area contributed by atoms with Crippen LogP contribution >= 0.6 is 27.3 Å². The summed E-state index contributed by atoms with van der Waals surface area (Å²) < 4.78 is 29.5. The molecule has 0 fully saturated rings. The molecule has 2 aromatic rings. The number of nitrogens with zero attached hydrogens (tertiary/aromatic N) is 2. The van der Waals surface area contributed by atoms with Crippen LogP contribution in [-0.4, -0.2) is 18.2 Å². The molecule has 0 aliphatic carbocycles. The molecule has 2 aromatic heterocycles. The normalized spacial score (nSPS) is 11.7. The molecule has 0 bridgehead atoms. The average Bonchev–Trinajstić information content (AvgIpc) is 2.87. The first-order chi connectivity index (χ1) is 8.42. The highest BCUT2D eigenvalue weighted by Gasteiger charge is 2.18. The molecule has 0 saturated heterocycles. The van der Waals surface area contributed by atoms with Gasteiger partial charge in [-0.25, -0.2) is 8.42 Å². The number of halogens is 1. The van der Waals surface area contributed by atoms with Crippen molar-refractivity contribution in [3.63, 3.8) is 0 Å². The van der Waals surface area contributed by atoms with Crippen LogP contribution in [0.5, 0.6) is 0 Å². The molecule has 2 rings (SSSR count). The van der Waals surface area contributed by atoms with Crippen molar-refractivity contribution in [2.75, 3.05) is 4.72 Å². The van der Waals surface area contributed by atoms with Crippen molar-refractivity contribution in [1.82, 2.24) is 9.78 Å². The predicted octanol–water partition coefficient (Wildman–Crippen LogP) is 2.84. The highest BCUT2D eigenvalue weighted by atomic mass is 79.9. The van der Waals surface area contributed by atoms with Gasteiger partial charge in [0.1, 0.15) is 4.21 Å². The van der Waals surface area contributed by atoms with Gasteiger partial charge >= 0.3 is 0 Å². The van der Waals surface area contributed by atoms with Crippen LogP contribution in [0.2, 0.25) is 0 Å². The molecule has 5 nitrogen and oxygen atoms in total. The van der Waals surface area contributed by atoms with Gasteiger partial charge in [0.25, 0.3) is 10.0 Å². The van der Waals surface area contributed by atoms with Crippen LogP contribution in [-0.2, 0) is 16.6 Å². The first-order valence-electron chi connectivity index (χ1n) is 5.23. The Kier molecular flexibility index (Phi) is 3.79. The summed E-state index contributed by atoms with van der Waals surface area (Å²) in [6.07, 6.45) is 3.16. The van der Waals surface area contributed by atoms with Gasteiger partial charge in [-0.15, -0.1) is 11.3 Å². The predicted molar refractivity (Wildman–Crippen MR) is 75.5 cm³/mol. The van der Waals surface area contributed by atoms with Crippen LogP contribution < -0.4 is 4.72 Å². The maximum Gasteiger partial charge on any atom is 0.271 e. The topological polar surface area (TPSA) is 64.0 Å². The second-order valence-electron chi connectivity index (χ2n) is 3.71. The number of rotatable bonds is 4. The van der Waals surface area contributed by atoms with Crippen LogP contribution in [0.1, 0.15) is 12.5 Å². The van der Waals surface area contributed by atoms with Crippen molar-refractivity contribution < 1.29 is 8.42 Å². The molecule has 0 radical (unpaired) electrons. The van der Waals surface area contributed by atoms with E-state index in [0.717, 1.165) is 9.35 Å². The summed E-state index contributed by atoms with van der Waals surface area (Å²) in [5.41, 5.74) is 1.38. The third kappa shape index (κ3) is 2.76. The van der Waals surface area contributed by atoms with Gasteiger partial charge in [-0.3, -0.25) is 9.40 Å². The number of sulfonamides is 1. The largest absolute Gasteiger partial charge is 0.276 e. The third-order valence-corrected chi connectivity index (χ3v) is 6.30. The van der Waals surface area contributed by atoms with E-state index < -0.39 is 10.0 Å². The molecule has 0 spiro atoms. The van der Waals surface area contributed by atoms with Crippen molar-refractivity contribution in [2.24, 2.45) is 0 Å². The molecule has 1 N–H and O–H groups in total. The summed E-state index contributed by atoms with van der Waals surface area (Å²) >= 11 is 4.51. The molecule has 98 valence electrons. The van der Waals surface area contributed by atoms with E-state index in [1.165, 1.54) is 17.5 Å². The lowest BCUT2D eigenvalue weighted by Crippen LogP contribution is -2.10. The summed E-state index contributed by atoms with van der Waals surface area (Å²) in [6.45, 7) is 4.49. The van der Waals surface area contributed by atoms with Crippen molar-refractivity contribution in [3.05, 3.63) is 27.8 Å². The fraction of sp³-hybridized carbons (Fsp3) is 0.300. The Balaban J connectivity index is 2.26. The number of anilines is 1. The fourth-order valence-electron chi connectivity index (χ4n) is 1.36. The van der Waals surface area contributed by atoms with Crippen LogP contribution in [0.3, 0.4) is 0 Å². The summed E-state index contributed by atoms with van der Waals surface area (Å²) in [5, 5.41) is 4.02. The first-order valence-corrected chi connectivity index (χ1v) is 8.33. The molecule has 0 aliphatic heterocycles. The van der Waals surface area contributed by atoms with Crippen LogP contribution in [0.25, 0.3) is 0 Å². The summed E-state index contributed by atoms with van der Waals surface area (Å²) in [4.78, 5) is 0. The molecular formula is C10H12BrN3O2S2. The number of aromatic nitrogens is 2. The minimum absolute atomic E-state index is 0.288. The second kappa shape index (κ2) is 5.02. The lowest BCUT2D eigenvalue weighted by Gasteiger charge is -2.02. The summed E-state index contributed by atoms with van der Waals surface area (Å²) in [6, 6.07) is 1.64. The highest BCUT2D eigenvalue weighted by molar-refractivity contribution is 9.11. The van der Waals surface area contributed by atoms with Gasteiger partial charge in [0, 0.05) is 12.7 Å². The van der Waals surface area contributed by atoms with Gasteiger partial charge in [0.2, 0.25) is 0 Å². The zero-order valence-corrected chi connectivity index (χ0v) is 13.1. The zero-order chi connectivity index (χ0) is 13.3. The Morgan fingerprint density at radius 3 is 2.78 bits per heavy atom. The monoisotopic (exact) mass is 349 g/mol. The summed E-state index contributed by atoms with van der Waals surface area (Å²) in [7, 11) is -3.52. The molecule has 0 amide bonds. The molecule has 2 heterocycles. The minimum Gasteiger partial charge on any atom is -0.276 e. The van der Waals surface area contributed by atoms with E-state index in [1.54, 1.807) is 16.9 Å². The van der Waals surface area contributed by atoms with Crippen molar-refractivity contribution >= 4 is 43.0 Å². The van der Waals surface area contributed by atoms with Gasteiger partial charge in [-0.05, 0) is 41.4 Å². The maximum absolute atomic E-state index is 12.1. The van der Waals surface area contributed by atoms with E-state index in [4.69, 9.17) is 0 Å². The van der Waals surface area contributed by atoms with E-state index in [9.17, 15) is 8.42 Å². The van der Waals surface area contributed by atoms with E-state index in [0.29, 0.717) is 12.2 Å². The zero-order valence-electron chi connectivity index (χ0n) is 9.84. The maximum atomic E-state index is 12.1. The molecule has 8 heteroatoms. The van der Waals surface area contributed by atoms with Crippen molar-refractivity contribution in [3.8, 4) is 0 Å². The van der Waals surface area contributed by atoms with Gasteiger partial charge in [0.05, 0.1) is 15.7 Å². The SMILES string of the molecule is CCn1cc(NS(=O)(=O)c2cc(C)c(Br)s2)cn1. The number of hydrogen-bond acceptors (Lipinski definition) is 4. The molecular weight excluding hydrogens is 338 g/mol. The smallest absolute Gasteiger partial charge is 0.271 e. The van der Waals surface area contributed by atoms with E-state index in [-0.39, 0.29) is 4.21 Å². The third-order valence-electron chi connectivity index (χ3n) is 2.31. The molecule has 0 atom stereocenters. The van der Waals surface area contributed by atoms with Crippen molar-refractivity contribution in [2.45, 2.75) is 24.6 Å². The Morgan fingerprint density at radius 1 is 1.56 bits per heavy atom. The van der Waals surface area contributed by atoms with Crippen LogP contribution in [0.4, 0.5) is 5.69 Å². The van der Waals surface area contributed by atoms with Crippen molar-refractivity contribution in [1.29, 1.82) is 0 Å². The number of aryl methyl sites for hydroxylation is 2. The standard InChI is InChI=1S/C10H12BrN3O2S2/c1-3-14-6-8(5-12-14)13-18(15,16)9-4-7(2)10(11)17-9/h4-6,13H,3H2,1-2H3. The minimum atomic E-state index is -3.52. The highest BCUT2D eigenvalue weighted by Crippen LogP contribution is 2.31. The van der Waals surface area contributed by atoms with Gasteiger partial charge in [0.15, 0.2) is 0 Å². The Morgan fingerprint density at radius 2 is 2.28 bits per heavy atom. The Bertz CT molecular complexity index is 641. The lowest BCUT2D eigenvalue weighted by atomic mass is 10.4. The fourth-order valence-corrected chi connectivity index (χ4v) is 4.61. The van der Waals surface area contributed by atoms with Gasteiger partial charge < -0.3 is 0 Å². The van der Waals surface area contributed by atoms with E-state index >= 15 is 0 Å². The average molecular weight is 350 g/mol.